The lowest BCUT2D eigenvalue weighted by Crippen LogP contribution is -2.43. The van der Waals surface area contributed by atoms with E-state index in [0.717, 1.165) is 32.6 Å². The predicted octanol–water partition coefficient (Wildman–Crippen LogP) is 1.95. The minimum absolute atomic E-state index is 0.530. The van der Waals surface area contributed by atoms with Crippen LogP contribution < -0.4 is 5.32 Å². The van der Waals surface area contributed by atoms with Gasteiger partial charge in [0, 0.05) is 43.6 Å². The molecule has 1 aromatic rings. The number of aryl methyl sites for hydroxylation is 1. The topological polar surface area (TPSA) is 31.4 Å². The zero-order chi connectivity index (χ0) is 14.5. The van der Waals surface area contributed by atoms with E-state index in [1.54, 1.807) is 0 Å². The molecular formula is C15H28N4S. The summed E-state index contributed by atoms with van der Waals surface area (Å²) in [6.45, 7) is 13.2. The Morgan fingerprint density at radius 2 is 1.95 bits per heavy atom. The van der Waals surface area contributed by atoms with Crippen LogP contribution in [0, 0.1) is 0 Å². The zero-order valence-electron chi connectivity index (χ0n) is 13.3. The molecular weight excluding hydrogens is 268 g/mol. The standard InChI is InChI=1S/C15H28N4S/c1-5-13-14(10-16-12(2)3)20-15(17-13)11-19-8-6-18(4)7-9-19/h12,16H,5-11H2,1-4H3. The van der Waals surface area contributed by atoms with E-state index >= 15 is 0 Å². The van der Waals surface area contributed by atoms with Crippen LogP contribution in [0.15, 0.2) is 0 Å². The Labute approximate surface area is 127 Å². The summed E-state index contributed by atoms with van der Waals surface area (Å²) in [7, 11) is 2.20. The Hall–Kier alpha value is -0.490. The smallest absolute Gasteiger partial charge is 0.107 e. The molecule has 0 saturated carbocycles. The largest absolute Gasteiger partial charge is 0.310 e. The fourth-order valence-electron chi connectivity index (χ4n) is 2.41. The number of hydrogen-bond acceptors (Lipinski definition) is 5. The number of aromatic nitrogens is 1. The highest BCUT2D eigenvalue weighted by atomic mass is 32.1. The number of hydrogen-bond donors (Lipinski definition) is 1. The van der Waals surface area contributed by atoms with E-state index in [0.29, 0.717) is 6.04 Å². The Morgan fingerprint density at radius 3 is 2.55 bits per heavy atom. The van der Waals surface area contributed by atoms with Gasteiger partial charge < -0.3 is 10.2 Å². The summed E-state index contributed by atoms with van der Waals surface area (Å²) in [5.41, 5.74) is 1.28. The van der Waals surface area contributed by atoms with E-state index in [1.807, 2.05) is 11.3 Å². The van der Waals surface area contributed by atoms with Gasteiger partial charge in [0.25, 0.3) is 0 Å². The van der Waals surface area contributed by atoms with E-state index < -0.39 is 0 Å². The van der Waals surface area contributed by atoms with Crippen molar-refractivity contribution in [3.05, 3.63) is 15.6 Å². The lowest BCUT2D eigenvalue weighted by Gasteiger charge is -2.31. The number of piperazine rings is 1. The highest BCUT2D eigenvalue weighted by Crippen LogP contribution is 2.21. The molecule has 20 heavy (non-hydrogen) atoms. The predicted molar refractivity (Wildman–Crippen MR) is 86.2 cm³/mol. The van der Waals surface area contributed by atoms with Gasteiger partial charge in [-0.25, -0.2) is 4.98 Å². The lowest BCUT2D eigenvalue weighted by molar-refractivity contribution is 0.148. The molecule has 0 atom stereocenters. The number of nitrogens with zero attached hydrogens (tertiary/aromatic N) is 3. The number of thiazole rings is 1. The van der Waals surface area contributed by atoms with Gasteiger partial charge >= 0.3 is 0 Å². The molecule has 0 unspecified atom stereocenters. The fourth-order valence-corrected chi connectivity index (χ4v) is 3.56. The van der Waals surface area contributed by atoms with Crippen molar-refractivity contribution >= 4 is 11.3 Å². The SMILES string of the molecule is CCc1nc(CN2CCN(C)CC2)sc1CNC(C)C. The summed E-state index contributed by atoms with van der Waals surface area (Å²) in [5.74, 6) is 0. The molecule has 0 aliphatic carbocycles. The molecule has 1 fully saturated rings. The van der Waals surface area contributed by atoms with Crippen molar-refractivity contribution in [2.24, 2.45) is 0 Å². The van der Waals surface area contributed by atoms with Gasteiger partial charge in [-0.15, -0.1) is 11.3 Å². The van der Waals surface area contributed by atoms with Crippen molar-refractivity contribution in [1.82, 2.24) is 20.1 Å². The summed E-state index contributed by atoms with van der Waals surface area (Å²) in [5, 5.41) is 4.79. The molecule has 4 nitrogen and oxygen atoms in total. The molecule has 1 aromatic heterocycles. The maximum Gasteiger partial charge on any atom is 0.107 e. The number of likely N-dealkylation sites (N-methyl/N-ethyl adjacent to an activating group) is 1. The van der Waals surface area contributed by atoms with Crippen molar-refractivity contribution in [2.45, 2.75) is 46.3 Å². The van der Waals surface area contributed by atoms with Gasteiger partial charge in [-0.05, 0) is 13.5 Å². The molecule has 0 radical (unpaired) electrons. The first-order valence-corrected chi connectivity index (χ1v) is 8.52. The molecule has 1 aliphatic rings. The fraction of sp³-hybridized carbons (Fsp3) is 0.800. The summed E-state index contributed by atoms with van der Waals surface area (Å²) >= 11 is 1.89. The average molecular weight is 296 g/mol. The minimum atomic E-state index is 0.530. The van der Waals surface area contributed by atoms with Crippen LogP contribution in [-0.2, 0) is 19.5 Å². The highest BCUT2D eigenvalue weighted by molar-refractivity contribution is 7.11. The average Bonchev–Trinajstić information content (AvgIpc) is 2.81. The van der Waals surface area contributed by atoms with Crippen LogP contribution in [0.5, 0.6) is 0 Å². The van der Waals surface area contributed by atoms with Crippen molar-refractivity contribution in [1.29, 1.82) is 0 Å². The van der Waals surface area contributed by atoms with Gasteiger partial charge in [-0.2, -0.15) is 0 Å². The van der Waals surface area contributed by atoms with E-state index in [4.69, 9.17) is 4.98 Å². The van der Waals surface area contributed by atoms with Gasteiger partial charge in [-0.1, -0.05) is 20.8 Å². The summed E-state index contributed by atoms with van der Waals surface area (Å²) in [6, 6.07) is 0.530. The van der Waals surface area contributed by atoms with Gasteiger partial charge in [0.1, 0.15) is 5.01 Å². The third-order valence-corrected chi connectivity index (χ3v) is 4.87. The second kappa shape index (κ2) is 7.50. The van der Waals surface area contributed by atoms with Gasteiger partial charge in [0.2, 0.25) is 0 Å². The van der Waals surface area contributed by atoms with Crippen LogP contribution in [0.1, 0.15) is 36.3 Å². The monoisotopic (exact) mass is 296 g/mol. The molecule has 2 rings (SSSR count). The van der Waals surface area contributed by atoms with Crippen molar-refractivity contribution < 1.29 is 0 Å². The van der Waals surface area contributed by atoms with Crippen LogP contribution in [0.25, 0.3) is 0 Å². The Kier molecular flexibility index (Phi) is 5.96. The molecule has 1 N–H and O–H groups in total. The summed E-state index contributed by atoms with van der Waals surface area (Å²) in [4.78, 5) is 11.2. The van der Waals surface area contributed by atoms with Gasteiger partial charge in [0.05, 0.1) is 12.2 Å². The van der Waals surface area contributed by atoms with E-state index in [-0.39, 0.29) is 0 Å². The molecule has 0 bridgehead atoms. The first-order chi connectivity index (χ1) is 9.58. The maximum absolute atomic E-state index is 4.84. The highest BCUT2D eigenvalue weighted by Gasteiger charge is 2.17. The lowest BCUT2D eigenvalue weighted by atomic mass is 10.3. The molecule has 1 saturated heterocycles. The second-order valence-corrected chi connectivity index (χ2v) is 7.11. The van der Waals surface area contributed by atoms with E-state index in [1.165, 1.54) is 28.7 Å². The quantitative estimate of drug-likeness (QED) is 0.869. The molecule has 1 aliphatic heterocycles. The van der Waals surface area contributed by atoms with Gasteiger partial charge in [0.15, 0.2) is 0 Å². The summed E-state index contributed by atoms with van der Waals surface area (Å²) < 4.78 is 0. The van der Waals surface area contributed by atoms with Crippen LogP contribution in [0.2, 0.25) is 0 Å². The first kappa shape index (κ1) is 15.9. The first-order valence-electron chi connectivity index (χ1n) is 7.70. The minimum Gasteiger partial charge on any atom is -0.310 e. The number of rotatable bonds is 6. The van der Waals surface area contributed by atoms with Crippen LogP contribution in [-0.4, -0.2) is 54.1 Å². The normalized spacial score (nSPS) is 18.1. The Morgan fingerprint density at radius 1 is 1.25 bits per heavy atom. The molecule has 2 heterocycles. The van der Waals surface area contributed by atoms with Crippen molar-refractivity contribution in [3.63, 3.8) is 0 Å². The maximum atomic E-state index is 4.84. The van der Waals surface area contributed by atoms with Crippen LogP contribution in [0.3, 0.4) is 0 Å². The van der Waals surface area contributed by atoms with Crippen molar-refractivity contribution in [3.8, 4) is 0 Å². The summed E-state index contributed by atoms with van der Waals surface area (Å²) in [6.07, 6.45) is 1.04. The van der Waals surface area contributed by atoms with Crippen LogP contribution in [0.4, 0.5) is 0 Å². The van der Waals surface area contributed by atoms with E-state index in [9.17, 15) is 0 Å². The van der Waals surface area contributed by atoms with Crippen LogP contribution >= 0.6 is 11.3 Å². The Bertz CT molecular complexity index is 408. The molecule has 0 amide bonds. The van der Waals surface area contributed by atoms with Crippen molar-refractivity contribution in [2.75, 3.05) is 33.2 Å². The molecule has 0 spiro atoms. The molecule has 0 aromatic carbocycles. The third-order valence-electron chi connectivity index (χ3n) is 3.78. The Balaban J connectivity index is 1.94. The molecule has 5 heteroatoms. The third kappa shape index (κ3) is 4.52. The second-order valence-electron chi connectivity index (χ2n) is 5.95. The molecule has 114 valence electrons. The van der Waals surface area contributed by atoms with E-state index in [2.05, 4.69) is 42.9 Å². The zero-order valence-corrected chi connectivity index (χ0v) is 14.1. The van der Waals surface area contributed by atoms with Gasteiger partial charge in [-0.3, -0.25) is 4.90 Å². The number of nitrogens with one attached hydrogen (secondary N) is 1.